The van der Waals surface area contributed by atoms with Gasteiger partial charge < -0.3 is 4.84 Å². The van der Waals surface area contributed by atoms with E-state index in [1.165, 1.54) is 11.1 Å². The van der Waals surface area contributed by atoms with Crippen LogP contribution in [0.15, 0.2) is 29.4 Å². The highest BCUT2D eigenvalue weighted by Gasteiger charge is 1.86. The number of nitrogens with zero attached hydrogens (tertiary/aromatic N) is 1. The van der Waals surface area contributed by atoms with E-state index < -0.39 is 0 Å². The van der Waals surface area contributed by atoms with Crippen LogP contribution >= 0.6 is 0 Å². The maximum Gasteiger partial charge on any atom is 0.122 e. The van der Waals surface area contributed by atoms with E-state index in [0.717, 1.165) is 13.0 Å². The number of rotatable bonds is 0. The van der Waals surface area contributed by atoms with E-state index in [-0.39, 0.29) is 0 Å². The Morgan fingerprint density at radius 1 is 1.23 bits per heavy atom. The zero-order valence-corrected chi connectivity index (χ0v) is 8.16. The highest BCUT2D eigenvalue weighted by molar-refractivity contribution is 5.57. The zero-order chi connectivity index (χ0) is 9.52. The maximum absolute atomic E-state index is 4.51. The predicted molar refractivity (Wildman–Crippen MR) is 55.0 cm³/mol. The van der Waals surface area contributed by atoms with Crippen LogP contribution in [0.2, 0.25) is 0 Å². The molecule has 2 rings (SSSR count). The standard InChI is InChI=1S/C8H10.C3H5NO/c1-7-4-3-5-8(2)6-7;1-2-4-5-3-1/h3-6H,1-2H3;2H,1,3H2. The van der Waals surface area contributed by atoms with Gasteiger partial charge in [0, 0.05) is 12.6 Å². The molecule has 0 saturated carbocycles. The molecule has 0 spiro atoms. The monoisotopic (exact) mass is 177 g/mol. The van der Waals surface area contributed by atoms with Crippen LogP contribution in [0, 0.1) is 13.8 Å². The van der Waals surface area contributed by atoms with Crippen molar-refractivity contribution in [3.8, 4) is 0 Å². The van der Waals surface area contributed by atoms with E-state index in [9.17, 15) is 0 Å². The first-order chi connectivity index (χ1) is 6.29. The van der Waals surface area contributed by atoms with Crippen LogP contribution < -0.4 is 0 Å². The lowest BCUT2D eigenvalue weighted by Gasteiger charge is -1.90. The molecule has 0 fully saturated rings. The van der Waals surface area contributed by atoms with E-state index in [0.29, 0.717) is 0 Å². The van der Waals surface area contributed by atoms with Crippen LogP contribution in [0.4, 0.5) is 0 Å². The molecule has 0 bridgehead atoms. The maximum atomic E-state index is 4.51. The quantitative estimate of drug-likeness (QED) is 0.597. The molecule has 1 aromatic carbocycles. The van der Waals surface area contributed by atoms with Crippen molar-refractivity contribution in [1.82, 2.24) is 0 Å². The van der Waals surface area contributed by atoms with Gasteiger partial charge in [0.2, 0.25) is 0 Å². The molecule has 70 valence electrons. The molecule has 0 amide bonds. The topological polar surface area (TPSA) is 21.6 Å². The summed E-state index contributed by atoms with van der Waals surface area (Å²) in [5.74, 6) is 0. The van der Waals surface area contributed by atoms with Gasteiger partial charge in [0.1, 0.15) is 6.61 Å². The van der Waals surface area contributed by atoms with Gasteiger partial charge in [0.15, 0.2) is 0 Å². The Hall–Kier alpha value is -1.31. The summed E-state index contributed by atoms with van der Waals surface area (Å²) in [4.78, 5) is 4.51. The Bertz CT molecular complexity index is 258. The van der Waals surface area contributed by atoms with E-state index in [1.807, 2.05) is 0 Å². The van der Waals surface area contributed by atoms with Gasteiger partial charge in [0.05, 0.1) is 0 Å². The van der Waals surface area contributed by atoms with Gasteiger partial charge in [-0.05, 0) is 13.8 Å². The summed E-state index contributed by atoms with van der Waals surface area (Å²) in [6.45, 7) is 4.99. The van der Waals surface area contributed by atoms with Gasteiger partial charge in [-0.2, -0.15) is 0 Å². The lowest BCUT2D eigenvalue weighted by molar-refractivity contribution is 0.174. The van der Waals surface area contributed by atoms with Gasteiger partial charge in [-0.3, -0.25) is 0 Å². The van der Waals surface area contributed by atoms with E-state index in [4.69, 9.17) is 0 Å². The normalized spacial score (nSPS) is 13.1. The fourth-order valence-electron chi connectivity index (χ4n) is 1.07. The molecule has 0 radical (unpaired) electrons. The molecular weight excluding hydrogens is 162 g/mol. The second-order valence-corrected chi connectivity index (χ2v) is 3.07. The molecule has 1 aliphatic rings. The molecule has 13 heavy (non-hydrogen) atoms. The van der Waals surface area contributed by atoms with Gasteiger partial charge >= 0.3 is 0 Å². The summed E-state index contributed by atoms with van der Waals surface area (Å²) in [6.07, 6.45) is 2.75. The summed E-state index contributed by atoms with van der Waals surface area (Å²) in [5, 5.41) is 3.46. The third-order valence-corrected chi connectivity index (χ3v) is 1.66. The van der Waals surface area contributed by atoms with Crippen molar-refractivity contribution in [2.24, 2.45) is 5.16 Å². The fourth-order valence-corrected chi connectivity index (χ4v) is 1.07. The highest BCUT2D eigenvalue weighted by atomic mass is 16.6. The molecule has 0 unspecified atom stereocenters. The Morgan fingerprint density at radius 2 is 1.92 bits per heavy atom. The summed E-state index contributed by atoms with van der Waals surface area (Å²) < 4.78 is 0. The molecule has 0 aliphatic carbocycles. The van der Waals surface area contributed by atoms with Crippen LogP contribution in [-0.2, 0) is 4.84 Å². The van der Waals surface area contributed by atoms with E-state index in [1.54, 1.807) is 6.21 Å². The van der Waals surface area contributed by atoms with Crippen molar-refractivity contribution in [3.05, 3.63) is 35.4 Å². The molecule has 0 saturated heterocycles. The second-order valence-electron chi connectivity index (χ2n) is 3.07. The minimum absolute atomic E-state index is 0.778. The molecule has 0 atom stereocenters. The smallest absolute Gasteiger partial charge is 0.122 e. The number of benzene rings is 1. The average Bonchev–Trinajstić information content (AvgIpc) is 2.59. The first-order valence-electron chi connectivity index (χ1n) is 4.46. The Balaban J connectivity index is 0.000000145. The largest absolute Gasteiger partial charge is 0.396 e. The molecule has 0 aromatic heterocycles. The molecule has 1 aromatic rings. The van der Waals surface area contributed by atoms with Crippen LogP contribution in [0.5, 0.6) is 0 Å². The Kier molecular flexibility index (Phi) is 4.03. The van der Waals surface area contributed by atoms with Gasteiger partial charge in [-0.25, -0.2) is 0 Å². The Labute approximate surface area is 79.2 Å². The molecule has 1 heterocycles. The van der Waals surface area contributed by atoms with Gasteiger partial charge in [-0.1, -0.05) is 40.5 Å². The van der Waals surface area contributed by atoms with Crippen molar-refractivity contribution in [3.63, 3.8) is 0 Å². The number of oxime groups is 1. The van der Waals surface area contributed by atoms with Crippen molar-refractivity contribution in [2.45, 2.75) is 20.3 Å². The van der Waals surface area contributed by atoms with Crippen molar-refractivity contribution in [1.29, 1.82) is 0 Å². The van der Waals surface area contributed by atoms with Gasteiger partial charge in [-0.15, -0.1) is 0 Å². The second kappa shape index (κ2) is 5.36. The average molecular weight is 177 g/mol. The van der Waals surface area contributed by atoms with Crippen LogP contribution in [0.3, 0.4) is 0 Å². The first kappa shape index (κ1) is 9.78. The summed E-state index contributed by atoms with van der Waals surface area (Å²) in [7, 11) is 0. The number of hydrogen-bond acceptors (Lipinski definition) is 2. The van der Waals surface area contributed by atoms with Crippen LogP contribution in [0.1, 0.15) is 17.5 Å². The summed E-state index contributed by atoms with van der Waals surface area (Å²) >= 11 is 0. The Morgan fingerprint density at radius 3 is 2.15 bits per heavy atom. The third kappa shape index (κ3) is 4.31. The first-order valence-corrected chi connectivity index (χ1v) is 4.46. The lowest BCUT2D eigenvalue weighted by atomic mass is 10.2. The van der Waals surface area contributed by atoms with Crippen LogP contribution in [-0.4, -0.2) is 12.8 Å². The highest BCUT2D eigenvalue weighted by Crippen LogP contribution is 2.00. The molecule has 1 aliphatic heterocycles. The minimum atomic E-state index is 0.778. The third-order valence-electron chi connectivity index (χ3n) is 1.66. The lowest BCUT2D eigenvalue weighted by Crippen LogP contribution is -1.72. The van der Waals surface area contributed by atoms with Crippen molar-refractivity contribution < 1.29 is 4.84 Å². The van der Waals surface area contributed by atoms with E-state index in [2.05, 4.69) is 48.1 Å². The van der Waals surface area contributed by atoms with Crippen LogP contribution in [0.25, 0.3) is 0 Å². The molecule has 2 nitrogen and oxygen atoms in total. The fraction of sp³-hybridized carbons (Fsp3) is 0.364. The number of aryl methyl sites for hydroxylation is 2. The summed E-state index contributed by atoms with van der Waals surface area (Å²) in [5.41, 5.74) is 2.68. The van der Waals surface area contributed by atoms with Crippen molar-refractivity contribution >= 4 is 6.21 Å². The van der Waals surface area contributed by atoms with Gasteiger partial charge in [0.25, 0.3) is 0 Å². The molecule has 0 N–H and O–H groups in total. The summed E-state index contributed by atoms with van der Waals surface area (Å²) in [6, 6.07) is 8.45. The SMILES string of the molecule is C1=NOCC1.Cc1cccc(C)c1. The number of hydrogen-bond donors (Lipinski definition) is 0. The zero-order valence-electron chi connectivity index (χ0n) is 8.16. The minimum Gasteiger partial charge on any atom is -0.396 e. The molecule has 2 heteroatoms. The van der Waals surface area contributed by atoms with E-state index >= 15 is 0 Å². The molecular formula is C11H15NO. The predicted octanol–water partition coefficient (Wildman–Crippen LogP) is 2.70. The van der Waals surface area contributed by atoms with Crippen molar-refractivity contribution in [2.75, 3.05) is 6.61 Å².